The van der Waals surface area contributed by atoms with E-state index in [0.29, 0.717) is 12.0 Å². The van der Waals surface area contributed by atoms with E-state index in [0.717, 1.165) is 18.2 Å². The third-order valence-corrected chi connectivity index (χ3v) is 4.03. The van der Waals surface area contributed by atoms with Crippen molar-refractivity contribution in [2.24, 2.45) is 5.92 Å². The van der Waals surface area contributed by atoms with E-state index < -0.39 is 17.5 Å². The molecule has 2 aromatic rings. The third-order valence-electron chi connectivity index (χ3n) is 4.03. The van der Waals surface area contributed by atoms with Gasteiger partial charge in [0.05, 0.1) is 18.1 Å². The topological polar surface area (TPSA) is 26.3 Å². The fourth-order valence-corrected chi connectivity index (χ4v) is 2.87. The summed E-state index contributed by atoms with van der Waals surface area (Å²) in [5.41, 5.74) is 0.447. The summed E-state index contributed by atoms with van der Waals surface area (Å²) in [5.74, 6) is -2.98. The zero-order valence-electron chi connectivity index (χ0n) is 12.5. The molecule has 1 aliphatic carbocycles. The highest BCUT2D eigenvalue weighted by molar-refractivity contribution is 5.79. The van der Waals surface area contributed by atoms with Crippen LogP contribution >= 0.6 is 0 Å². The maximum atomic E-state index is 14.1. The summed E-state index contributed by atoms with van der Waals surface area (Å²) in [4.78, 5) is 11.8. The van der Waals surface area contributed by atoms with Crippen LogP contribution in [0.2, 0.25) is 0 Å². The molecule has 0 bridgehead atoms. The van der Waals surface area contributed by atoms with E-state index in [1.54, 1.807) is 6.92 Å². The number of esters is 1. The van der Waals surface area contributed by atoms with Gasteiger partial charge in [-0.25, -0.2) is 13.2 Å². The number of rotatable bonds is 4. The number of benzene rings is 2. The monoisotopic (exact) mass is 320 g/mol. The van der Waals surface area contributed by atoms with Crippen molar-refractivity contribution in [3.63, 3.8) is 0 Å². The summed E-state index contributed by atoms with van der Waals surface area (Å²) < 4.78 is 46.7. The Hall–Kier alpha value is -2.30. The Morgan fingerprint density at radius 3 is 2.52 bits per heavy atom. The Morgan fingerprint density at radius 2 is 1.87 bits per heavy atom. The summed E-state index contributed by atoms with van der Waals surface area (Å²) in [6, 6.07) is 7.34. The first-order chi connectivity index (χ1) is 11.0. The Balaban J connectivity index is 2.02. The highest BCUT2D eigenvalue weighted by Gasteiger charge is 2.46. The van der Waals surface area contributed by atoms with Crippen molar-refractivity contribution in [1.29, 1.82) is 0 Å². The normalized spacial score (nSPS) is 19.5. The number of hydrogen-bond acceptors (Lipinski definition) is 2. The Labute approximate surface area is 131 Å². The lowest BCUT2D eigenvalue weighted by molar-refractivity contribution is -0.144. The van der Waals surface area contributed by atoms with Crippen molar-refractivity contribution in [3.05, 3.63) is 59.4 Å². The zero-order valence-corrected chi connectivity index (χ0v) is 12.5. The average Bonchev–Trinajstić information content (AvgIpc) is 3.28. The van der Waals surface area contributed by atoms with Crippen molar-refractivity contribution < 1.29 is 22.7 Å². The summed E-state index contributed by atoms with van der Waals surface area (Å²) in [6.45, 7) is 1.99. The van der Waals surface area contributed by atoms with E-state index in [4.69, 9.17) is 4.74 Å². The molecule has 2 atom stereocenters. The zero-order chi connectivity index (χ0) is 16.6. The van der Waals surface area contributed by atoms with E-state index in [1.165, 1.54) is 18.2 Å². The molecular weight excluding hydrogens is 305 g/mol. The SMILES string of the molecule is CCOC(=O)[C@@H]1C[C@H]1c1ccc(F)cc1-c1c(F)cccc1F. The van der Waals surface area contributed by atoms with Gasteiger partial charge in [-0.15, -0.1) is 0 Å². The van der Waals surface area contributed by atoms with Gasteiger partial charge < -0.3 is 4.74 Å². The molecule has 0 saturated heterocycles. The molecule has 0 aromatic heterocycles. The second kappa shape index (κ2) is 6.07. The Kier molecular flexibility index (Phi) is 4.11. The molecule has 1 fully saturated rings. The van der Waals surface area contributed by atoms with Crippen molar-refractivity contribution in [1.82, 2.24) is 0 Å². The quantitative estimate of drug-likeness (QED) is 0.779. The highest BCUT2D eigenvalue weighted by atomic mass is 19.1. The number of hydrogen-bond donors (Lipinski definition) is 0. The average molecular weight is 320 g/mol. The Morgan fingerprint density at radius 1 is 1.17 bits per heavy atom. The number of ether oxygens (including phenoxy) is 1. The van der Waals surface area contributed by atoms with Gasteiger partial charge in [-0.3, -0.25) is 4.79 Å². The van der Waals surface area contributed by atoms with Crippen LogP contribution in [0, 0.1) is 23.4 Å². The van der Waals surface area contributed by atoms with Gasteiger partial charge in [0, 0.05) is 0 Å². The molecule has 0 spiro atoms. The molecule has 23 heavy (non-hydrogen) atoms. The predicted molar refractivity (Wildman–Crippen MR) is 79.2 cm³/mol. The first-order valence-corrected chi connectivity index (χ1v) is 7.43. The van der Waals surface area contributed by atoms with Crippen LogP contribution in [0.15, 0.2) is 36.4 Å². The number of carbonyl (C=O) groups excluding carboxylic acids is 1. The molecule has 3 rings (SSSR count). The minimum Gasteiger partial charge on any atom is -0.466 e. The molecule has 0 radical (unpaired) electrons. The Bertz CT molecular complexity index is 738. The van der Waals surface area contributed by atoms with Crippen LogP contribution in [0.1, 0.15) is 24.8 Å². The molecule has 0 heterocycles. The first kappa shape index (κ1) is 15.6. The summed E-state index contributed by atoms with van der Waals surface area (Å²) in [6.07, 6.45) is 0.535. The summed E-state index contributed by atoms with van der Waals surface area (Å²) in [7, 11) is 0. The lowest BCUT2D eigenvalue weighted by Crippen LogP contribution is -2.07. The van der Waals surface area contributed by atoms with E-state index in [2.05, 4.69) is 0 Å². The van der Waals surface area contributed by atoms with E-state index in [9.17, 15) is 18.0 Å². The molecule has 0 aliphatic heterocycles. The lowest BCUT2D eigenvalue weighted by atomic mass is 9.95. The van der Waals surface area contributed by atoms with Gasteiger partial charge in [0.1, 0.15) is 17.5 Å². The fourth-order valence-electron chi connectivity index (χ4n) is 2.87. The largest absolute Gasteiger partial charge is 0.466 e. The molecule has 1 saturated carbocycles. The minimum absolute atomic E-state index is 0.150. The maximum absolute atomic E-state index is 14.1. The summed E-state index contributed by atoms with van der Waals surface area (Å²) >= 11 is 0. The molecule has 2 aromatic carbocycles. The lowest BCUT2D eigenvalue weighted by Gasteiger charge is -2.12. The van der Waals surface area contributed by atoms with Crippen LogP contribution < -0.4 is 0 Å². The summed E-state index contributed by atoms with van der Waals surface area (Å²) in [5, 5.41) is 0. The van der Waals surface area contributed by atoms with Crippen molar-refractivity contribution in [3.8, 4) is 11.1 Å². The molecule has 2 nitrogen and oxygen atoms in total. The van der Waals surface area contributed by atoms with Crippen molar-refractivity contribution in [2.45, 2.75) is 19.3 Å². The maximum Gasteiger partial charge on any atom is 0.309 e. The third kappa shape index (κ3) is 2.96. The fraction of sp³-hybridized carbons (Fsp3) is 0.278. The second-order valence-corrected chi connectivity index (χ2v) is 5.53. The van der Waals surface area contributed by atoms with Gasteiger partial charge in [-0.2, -0.15) is 0 Å². The highest BCUT2D eigenvalue weighted by Crippen LogP contribution is 2.51. The van der Waals surface area contributed by atoms with Gasteiger partial charge in [-0.05, 0) is 54.7 Å². The molecule has 0 unspecified atom stereocenters. The van der Waals surface area contributed by atoms with Crippen LogP contribution in [0.5, 0.6) is 0 Å². The van der Waals surface area contributed by atoms with E-state index >= 15 is 0 Å². The van der Waals surface area contributed by atoms with Crippen LogP contribution in [0.4, 0.5) is 13.2 Å². The predicted octanol–water partition coefficient (Wildman–Crippen LogP) is 4.44. The van der Waals surface area contributed by atoms with Gasteiger partial charge in [0.2, 0.25) is 0 Å². The smallest absolute Gasteiger partial charge is 0.309 e. The van der Waals surface area contributed by atoms with Crippen LogP contribution in [0.3, 0.4) is 0 Å². The number of carbonyl (C=O) groups is 1. The van der Waals surface area contributed by atoms with Crippen LogP contribution in [-0.4, -0.2) is 12.6 Å². The van der Waals surface area contributed by atoms with Crippen molar-refractivity contribution in [2.75, 3.05) is 6.61 Å². The second-order valence-electron chi connectivity index (χ2n) is 5.53. The number of halogens is 3. The molecule has 0 amide bonds. The van der Waals surface area contributed by atoms with E-state index in [-0.39, 0.29) is 35.5 Å². The molecular formula is C18H15F3O2. The molecule has 1 aliphatic rings. The van der Waals surface area contributed by atoms with Crippen LogP contribution in [-0.2, 0) is 9.53 Å². The standard InChI is InChI=1S/C18H15F3O2/c1-2-23-18(22)14-9-12(14)11-7-6-10(19)8-13(11)17-15(20)4-3-5-16(17)21/h3-8,12,14H,2,9H2,1H3/t12-,14+/m0/s1. The molecule has 120 valence electrons. The van der Waals surface area contributed by atoms with Gasteiger partial charge >= 0.3 is 5.97 Å². The van der Waals surface area contributed by atoms with Crippen LogP contribution in [0.25, 0.3) is 11.1 Å². The van der Waals surface area contributed by atoms with Crippen molar-refractivity contribution >= 4 is 5.97 Å². The van der Waals surface area contributed by atoms with Gasteiger partial charge in [-0.1, -0.05) is 12.1 Å². The first-order valence-electron chi connectivity index (χ1n) is 7.43. The molecule has 0 N–H and O–H groups in total. The van der Waals surface area contributed by atoms with Gasteiger partial charge in [0.15, 0.2) is 0 Å². The molecule has 5 heteroatoms. The van der Waals surface area contributed by atoms with Gasteiger partial charge in [0.25, 0.3) is 0 Å². The van der Waals surface area contributed by atoms with E-state index in [1.807, 2.05) is 0 Å². The minimum atomic E-state index is -0.759.